The van der Waals surface area contributed by atoms with Crippen LogP contribution >= 0.6 is 43.2 Å². The van der Waals surface area contributed by atoms with Gasteiger partial charge in [0.25, 0.3) is 0 Å². The SMILES string of the molecule is Cc1ccc(C(C)NS(=O)(=O)c2cc(Br)ccc2Br)s1. The molecule has 0 radical (unpaired) electrons. The molecule has 0 spiro atoms. The molecule has 0 aliphatic heterocycles. The number of halogens is 2. The fourth-order valence-electron chi connectivity index (χ4n) is 1.72. The zero-order valence-corrected chi connectivity index (χ0v) is 15.7. The lowest BCUT2D eigenvalue weighted by Gasteiger charge is -2.14. The second-order valence-corrected chi connectivity index (χ2v) is 9.14. The molecule has 0 bridgehead atoms. The lowest BCUT2D eigenvalue weighted by molar-refractivity contribution is 0.568. The van der Waals surface area contributed by atoms with Gasteiger partial charge in [0.1, 0.15) is 0 Å². The van der Waals surface area contributed by atoms with Gasteiger partial charge in [-0.25, -0.2) is 13.1 Å². The van der Waals surface area contributed by atoms with Crippen molar-refractivity contribution in [3.05, 3.63) is 49.0 Å². The Morgan fingerprint density at radius 3 is 2.50 bits per heavy atom. The molecule has 1 N–H and O–H groups in total. The highest BCUT2D eigenvalue weighted by Gasteiger charge is 2.21. The van der Waals surface area contributed by atoms with Crippen molar-refractivity contribution < 1.29 is 8.42 Å². The first-order valence-electron chi connectivity index (χ1n) is 5.83. The van der Waals surface area contributed by atoms with Gasteiger partial charge >= 0.3 is 0 Å². The van der Waals surface area contributed by atoms with Gasteiger partial charge in [0.2, 0.25) is 10.0 Å². The molecule has 7 heteroatoms. The van der Waals surface area contributed by atoms with Crippen molar-refractivity contribution in [2.45, 2.75) is 24.8 Å². The van der Waals surface area contributed by atoms with E-state index < -0.39 is 10.0 Å². The van der Waals surface area contributed by atoms with Crippen molar-refractivity contribution in [3.63, 3.8) is 0 Å². The topological polar surface area (TPSA) is 46.2 Å². The van der Waals surface area contributed by atoms with E-state index in [1.165, 1.54) is 0 Å². The molecule has 0 fully saturated rings. The molecule has 0 amide bonds. The highest BCUT2D eigenvalue weighted by Crippen LogP contribution is 2.28. The van der Waals surface area contributed by atoms with E-state index in [0.29, 0.717) is 4.47 Å². The molecule has 1 aromatic heterocycles. The van der Waals surface area contributed by atoms with E-state index in [1.54, 1.807) is 29.5 Å². The highest BCUT2D eigenvalue weighted by molar-refractivity contribution is 9.11. The minimum absolute atomic E-state index is 0.229. The van der Waals surface area contributed by atoms with Gasteiger partial charge < -0.3 is 0 Å². The maximum atomic E-state index is 12.4. The summed E-state index contributed by atoms with van der Waals surface area (Å²) in [4.78, 5) is 2.39. The molecule has 1 aromatic carbocycles. The second-order valence-electron chi connectivity index (χ2n) is 4.37. The predicted molar refractivity (Wildman–Crippen MR) is 89.6 cm³/mol. The van der Waals surface area contributed by atoms with Gasteiger partial charge in [0.05, 0.1) is 10.9 Å². The minimum Gasteiger partial charge on any atom is -0.207 e. The lowest BCUT2D eigenvalue weighted by atomic mass is 10.3. The molecule has 0 saturated carbocycles. The maximum absolute atomic E-state index is 12.4. The average molecular weight is 439 g/mol. The summed E-state index contributed by atoms with van der Waals surface area (Å²) in [5.74, 6) is 0. The molecule has 0 saturated heterocycles. The van der Waals surface area contributed by atoms with Crippen LogP contribution in [0.3, 0.4) is 0 Å². The van der Waals surface area contributed by atoms with Crippen LogP contribution in [-0.2, 0) is 10.0 Å². The molecule has 1 atom stereocenters. The second kappa shape index (κ2) is 6.27. The Morgan fingerprint density at radius 2 is 1.90 bits per heavy atom. The molecule has 2 aromatic rings. The molecule has 1 heterocycles. The number of benzene rings is 1. The van der Waals surface area contributed by atoms with Gasteiger partial charge in [-0.15, -0.1) is 11.3 Å². The van der Waals surface area contributed by atoms with Gasteiger partial charge in [-0.05, 0) is 60.1 Å². The third-order valence-electron chi connectivity index (χ3n) is 2.70. The number of sulfonamides is 1. The molecule has 0 aliphatic carbocycles. The fourth-order valence-corrected chi connectivity index (χ4v) is 5.40. The molecule has 2 rings (SSSR count). The summed E-state index contributed by atoms with van der Waals surface area (Å²) in [5, 5.41) is 0. The van der Waals surface area contributed by atoms with Gasteiger partial charge in [0, 0.05) is 18.7 Å². The molecular weight excluding hydrogens is 426 g/mol. The van der Waals surface area contributed by atoms with Crippen LogP contribution in [0.15, 0.2) is 44.2 Å². The standard InChI is InChI=1S/C13H13Br2NO2S2/c1-8-3-6-12(19-8)9(2)16-20(17,18)13-7-10(14)4-5-11(13)15/h3-7,9,16H,1-2H3. The van der Waals surface area contributed by atoms with Crippen LogP contribution in [0.5, 0.6) is 0 Å². The van der Waals surface area contributed by atoms with Crippen LogP contribution in [0.4, 0.5) is 0 Å². The zero-order chi connectivity index (χ0) is 14.9. The number of rotatable bonds is 4. The van der Waals surface area contributed by atoms with Crippen molar-refractivity contribution in [1.82, 2.24) is 4.72 Å². The first-order chi connectivity index (χ1) is 9.29. The van der Waals surface area contributed by atoms with E-state index in [1.807, 2.05) is 26.0 Å². The highest BCUT2D eigenvalue weighted by atomic mass is 79.9. The summed E-state index contributed by atoms with van der Waals surface area (Å²) >= 11 is 8.16. The van der Waals surface area contributed by atoms with E-state index in [4.69, 9.17) is 0 Å². The molecule has 0 aliphatic rings. The van der Waals surface area contributed by atoms with Crippen LogP contribution < -0.4 is 4.72 Å². The molecule has 1 unspecified atom stereocenters. The Balaban J connectivity index is 2.29. The smallest absolute Gasteiger partial charge is 0.207 e. The maximum Gasteiger partial charge on any atom is 0.242 e. The summed E-state index contributed by atoms with van der Waals surface area (Å²) in [7, 11) is -3.57. The Kier molecular flexibility index (Phi) is 5.07. The van der Waals surface area contributed by atoms with E-state index >= 15 is 0 Å². The Bertz CT molecular complexity index is 726. The number of aryl methyl sites for hydroxylation is 1. The number of nitrogens with one attached hydrogen (secondary N) is 1. The van der Waals surface area contributed by atoms with Gasteiger partial charge in [-0.1, -0.05) is 15.9 Å². The lowest BCUT2D eigenvalue weighted by Crippen LogP contribution is -2.26. The van der Waals surface area contributed by atoms with E-state index in [2.05, 4.69) is 36.6 Å². The van der Waals surface area contributed by atoms with Gasteiger partial charge in [0.15, 0.2) is 0 Å². The average Bonchev–Trinajstić information content (AvgIpc) is 2.78. The third-order valence-corrected chi connectivity index (χ3v) is 6.91. The summed E-state index contributed by atoms with van der Waals surface area (Å²) in [5.41, 5.74) is 0. The normalized spacial score (nSPS) is 13.4. The monoisotopic (exact) mass is 437 g/mol. The Labute approximate surface area is 139 Å². The van der Waals surface area contributed by atoms with Crippen LogP contribution in [0.1, 0.15) is 22.7 Å². The van der Waals surface area contributed by atoms with Crippen LogP contribution in [0, 0.1) is 6.92 Å². The number of thiophene rings is 1. The van der Waals surface area contributed by atoms with Crippen LogP contribution in [0.2, 0.25) is 0 Å². The zero-order valence-electron chi connectivity index (χ0n) is 10.9. The van der Waals surface area contributed by atoms with Crippen molar-refractivity contribution in [2.75, 3.05) is 0 Å². The summed E-state index contributed by atoms with van der Waals surface area (Å²) < 4.78 is 28.8. The van der Waals surface area contributed by atoms with E-state index in [0.717, 1.165) is 14.2 Å². The van der Waals surface area contributed by atoms with Crippen LogP contribution in [-0.4, -0.2) is 8.42 Å². The first kappa shape index (κ1) is 16.2. The molecular formula is C13H13Br2NO2S2. The van der Waals surface area contributed by atoms with Crippen molar-refractivity contribution in [2.24, 2.45) is 0 Å². The first-order valence-corrected chi connectivity index (χ1v) is 9.72. The van der Waals surface area contributed by atoms with Crippen molar-refractivity contribution in [1.29, 1.82) is 0 Å². The van der Waals surface area contributed by atoms with E-state index in [-0.39, 0.29) is 10.9 Å². The summed E-state index contributed by atoms with van der Waals surface area (Å²) in [6.45, 7) is 3.84. The van der Waals surface area contributed by atoms with Gasteiger partial charge in [-0.3, -0.25) is 0 Å². The van der Waals surface area contributed by atoms with Gasteiger partial charge in [-0.2, -0.15) is 0 Å². The van der Waals surface area contributed by atoms with Crippen molar-refractivity contribution >= 4 is 53.2 Å². The quantitative estimate of drug-likeness (QED) is 0.756. The number of hydrogen-bond donors (Lipinski definition) is 1. The minimum atomic E-state index is -3.57. The Hall–Kier alpha value is -0.210. The van der Waals surface area contributed by atoms with E-state index in [9.17, 15) is 8.42 Å². The fraction of sp³-hybridized carbons (Fsp3) is 0.231. The Morgan fingerprint density at radius 1 is 1.20 bits per heavy atom. The van der Waals surface area contributed by atoms with Crippen LogP contribution in [0.25, 0.3) is 0 Å². The largest absolute Gasteiger partial charge is 0.242 e. The van der Waals surface area contributed by atoms with Crippen molar-refractivity contribution in [3.8, 4) is 0 Å². The third kappa shape index (κ3) is 3.71. The predicted octanol–water partition coefficient (Wildman–Crippen LogP) is 4.62. The molecule has 3 nitrogen and oxygen atoms in total. The summed E-state index contributed by atoms with van der Waals surface area (Å²) in [6, 6.07) is 8.75. The summed E-state index contributed by atoms with van der Waals surface area (Å²) in [6.07, 6.45) is 0. The number of hydrogen-bond acceptors (Lipinski definition) is 3. The molecule has 108 valence electrons. The molecule has 20 heavy (non-hydrogen) atoms.